The first-order valence-corrected chi connectivity index (χ1v) is 13.6. The number of H-pyrrole nitrogens is 1. The number of hydrogen-bond acceptors (Lipinski definition) is 8. The van der Waals surface area contributed by atoms with Crippen molar-refractivity contribution >= 4 is 28.3 Å². The van der Waals surface area contributed by atoms with Gasteiger partial charge in [-0.15, -0.1) is 23.4 Å². The molecular weight excluding hydrogens is 577 g/mol. The van der Waals surface area contributed by atoms with Crippen LogP contribution in [0.25, 0.3) is 0 Å². The zero-order chi connectivity index (χ0) is 30.1. The molecule has 0 aliphatic heterocycles. The maximum atomic E-state index is 12.4. The molecule has 2 aromatic heterocycles. The van der Waals surface area contributed by atoms with E-state index in [1.165, 1.54) is 29.5 Å². The number of alkyl halides is 3. The number of carbonyl (C=O) groups excluding carboxylic acids is 2. The van der Waals surface area contributed by atoms with Crippen LogP contribution in [0.15, 0.2) is 48.7 Å². The van der Waals surface area contributed by atoms with Crippen molar-refractivity contribution in [2.24, 2.45) is 0 Å². The van der Waals surface area contributed by atoms with Gasteiger partial charge >= 0.3 is 6.36 Å². The van der Waals surface area contributed by atoms with Crippen molar-refractivity contribution in [3.8, 4) is 17.2 Å². The van der Waals surface area contributed by atoms with E-state index in [1.54, 1.807) is 32.5 Å². The van der Waals surface area contributed by atoms with Crippen LogP contribution in [0.3, 0.4) is 0 Å². The summed E-state index contributed by atoms with van der Waals surface area (Å²) in [6.45, 7) is 0.988. The Morgan fingerprint density at radius 2 is 1.86 bits per heavy atom. The maximum Gasteiger partial charge on any atom is 0.573 e. The van der Waals surface area contributed by atoms with Gasteiger partial charge in [0, 0.05) is 31.1 Å². The summed E-state index contributed by atoms with van der Waals surface area (Å²) >= 11 is 1.24. The fourth-order valence-electron chi connectivity index (χ4n) is 3.97. The van der Waals surface area contributed by atoms with Gasteiger partial charge in [-0.1, -0.05) is 23.5 Å². The number of halogens is 3. The number of ether oxygens (including phenoxy) is 3. The molecule has 224 valence electrons. The van der Waals surface area contributed by atoms with Crippen LogP contribution in [0.4, 0.5) is 18.3 Å². The molecule has 0 aliphatic rings. The van der Waals surface area contributed by atoms with Crippen LogP contribution in [0, 0.1) is 0 Å². The Bertz CT molecular complexity index is 1490. The van der Waals surface area contributed by atoms with E-state index in [9.17, 15) is 22.8 Å². The molecule has 11 nitrogen and oxygen atoms in total. The number of hydrogen-bond donors (Lipinski definition) is 3. The molecule has 4 rings (SSSR count). The molecule has 0 spiro atoms. The number of anilines is 1. The highest BCUT2D eigenvalue weighted by atomic mass is 32.1. The average molecular weight is 607 g/mol. The van der Waals surface area contributed by atoms with Gasteiger partial charge < -0.3 is 24.8 Å². The predicted molar refractivity (Wildman–Crippen MR) is 148 cm³/mol. The van der Waals surface area contributed by atoms with Crippen LogP contribution in [-0.4, -0.2) is 52.4 Å². The van der Waals surface area contributed by atoms with E-state index < -0.39 is 12.3 Å². The molecule has 0 fully saturated rings. The highest BCUT2D eigenvalue weighted by molar-refractivity contribution is 7.15. The number of amides is 2. The molecule has 2 amide bonds. The van der Waals surface area contributed by atoms with E-state index in [-0.39, 0.29) is 18.1 Å². The molecule has 3 N–H and O–H groups in total. The van der Waals surface area contributed by atoms with E-state index in [0.29, 0.717) is 47.4 Å². The van der Waals surface area contributed by atoms with E-state index in [0.717, 1.165) is 29.5 Å². The third-order valence-corrected chi connectivity index (χ3v) is 6.88. The predicted octanol–water partition coefficient (Wildman–Crippen LogP) is 4.72. The third-order valence-electron chi connectivity index (χ3n) is 5.98. The summed E-state index contributed by atoms with van der Waals surface area (Å²) < 4.78 is 53.5. The Morgan fingerprint density at radius 1 is 1.05 bits per heavy atom. The Hall–Kier alpha value is -4.53. The molecule has 0 bridgehead atoms. The van der Waals surface area contributed by atoms with Gasteiger partial charge in [0.05, 0.1) is 26.8 Å². The fourth-order valence-corrected chi connectivity index (χ4v) is 4.77. The Kier molecular flexibility index (Phi) is 10.1. The summed E-state index contributed by atoms with van der Waals surface area (Å²) in [4.78, 5) is 24.7. The van der Waals surface area contributed by atoms with Crippen LogP contribution in [0.2, 0.25) is 0 Å². The van der Waals surface area contributed by atoms with E-state index >= 15 is 0 Å². The lowest BCUT2D eigenvalue weighted by molar-refractivity contribution is -0.274. The van der Waals surface area contributed by atoms with Crippen molar-refractivity contribution < 1.29 is 37.0 Å². The zero-order valence-corrected chi connectivity index (χ0v) is 23.6. The molecular formula is C27H29F3N6O5S. The fraction of sp³-hybridized carbons (Fsp3) is 0.333. The summed E-state index contributed by atoms with van der Waals surface area (Å²) in [6.07, 6.45) is -0.933. The largest absolute Gasteiger partial charge is 0.573 e. The number of aryl methyl sites for hydroxylation is 2. The third kappa shape index (κ3) is 8.99. The van der Waals surface area contributed by atoms with Crippen molar-refractivity contribution in [2.75, 3.05) is 19.5 Å². The quantitative estimate of drug-likeness (QED) is 0.177. The molecule has 0 aliphatic carbocycles. The molecule has 15 heteroatoms. The molecule has 0 saturated carbocycles. The summed E-state index contributed by atoms with van der Waals surface area (Å²) in [5.41, 5.74) is 1.66. The number of nitrogens with one attached hydrogen (secondary N) is 3. The molecule has 2 aromatic carbocycles. The van der Waals surface area contributed by atoms with Gasteiger partial charge in [0.2, 0.25) is 11.0 Å². The number of rotatable bonds is 14. The molecule has 0 atom stereocenters. The molecule has 0 unspecified atom stereocenters. The van der Waals surface area contributed by atoms with Crippen LogP contribution >= 0.6 is 11.3 Å². The van der Waals surface area contributed by atoms with Crippen LogP contribution in [-0.2, 0) is 30.7 Å². The first-order chi connectivity index (χ1) is 20.1. The van der Waals surface area contributed by atoms with Crippen LogP contribution in [0.5, 0.6) is 17.2 Å². The lowest BCUT2D eigenvalue weighted by atomic mass is 10.1. The minimum atomic E-state index is -4.81. The highest BCUT2D eigenvalue weighted by Crippen LogP contribution is 2.25. The van der Waals surface area contributed by atoms with Crippen LogP contribution in [0.1, 0.15) is 39.5 Å². The van der Waals surface area contributed by atoms with Gasteiger partial charge in [-0.25, -0.2) is 0 Å². The Balaban J connectivity index is 1.14. The summed E-state index contributed by atoms with van der Waals surface area (Å²) in [5, 5.41) is 17.6. The van der Waals surface area contributed by atoms with Gasteiger partial charge in [0.25, 0.3) is 5.91 Å². The standard InChI is InChI=1S/C27H29F3N6O5S/c1-39-19-10-9-18(22(14-19)40-2)15-31-25(38)21-16-36(35-21)11-4-3-8-24-33-34-26(42-24)32-23(37)13-17-6-5-7-20(12-17)41-27(28,29)30/h5-7,9-10,12,14,16,35H,3-4,8,11,13,15H2,1-2H3,(H,31,38)(H,32,34,37). The van der Waals surface area contributed by atoms with Crippen molar-refractivity contribution in [3.63, 3.8) is 0 Å². The van der Waals surface area contributed by atoms with Gasteiger partial charge in [0.15, 0.2) is 0 Å². The lowest BCUT2D eigenvalue weighted by Crippen LogP contribution is -2.28. The zero-order valence-electron chi connectivity index (χ0n) is 22.8. The molecule has 0 radical (unpaired) electrons. The van der Waals surface area contributed by atoms with Gasteiger partial charge in [0.1, 0.15) is 28.0 Å². The highest BCUT2D eigenvalue weighted by Gasteiger charge is 2.31. The van der Waals surface area contributed by atoms with E-state index in [4.69, 9.17) is 9.47 Å². The second-order valence-corrected chi connectivity index (χ2v) is 10.1. The van der Waals surface area contributed by atoms with Gasteiger partial charge in [-0.2, -0.15) is 0 Å². The number of benzene rings is 2. The number of carbonyl (C=O) groups is 2. The molecule has 0 saturated heterocycles. The number of unbranched alkanes of at least 4 members (excludes halogenated alkanes) is 1. The van der Waals surface area contributed by atoms with Crippen molar-refractivity contribution in [1.29, 1.82) is 0 Å². The first-order valence-electron chi connectivity index (χ1n) is 12.8. The number of methoxy groups -OCH3 is 2. The van der Waals surface area contributed by atoms with Crippen molar-refractivity contribution in [1.82, 2.24) is 25.3 Å². The molecule has 42 heavy (non-hydrogen) atoms. The van der Waals surface area contributed by atoms with Crippen molar-refractivity contribution in [2.45, 2.75) is 45.1 Å². The lowest BCUT2D eigenvalue weighted by Gasteiger charge is -2.16. The Labute approximate surface area is 243 Å². The number of aromatic amines is 1. The number of nitrogens with zero attached hydrogens (tertiary/aromatic N) is 3. The topological polar surface area (TPSA) is 132 Å². The Morgan fingerprint density at radius 3 is 2.60 bits per heavy atom. The average Bonchev–Trinajstić information content (AvgIpc) is 3.36. The second kappa shape index (κ2) is 13.9. The smallest absolute Gasteiger partial charge is 0.497 e. The SMILES string of the molecule is COc1ccc(CNC(=O)c2cn(CCCCc3nnc(NC(=O)Cc4cccc(OC(F)(F)F)c4)s3)[nH]2)c(OC)c1. The van der Waals surface area contributed by atoms with Gasteiger partial charge in [-0.05, 0) is 42.7 Å². The van der Waals surface area contributed by atoms with E-state index in [1.807, 2.05) is 10.7 Å². The normalized spacial score (nSPS) is 11.3. The maximum absolute atomic E-state index is 12.4. The summed E-state index contributed by atoms with van der Waals surface area (Å²) in [7, 11) is 3.13. The second-order valence-electron chi connectivity index (χ2n) is 9.09. The number of aromatic nitrogens is 4. The monoisotopic (exact) mass is 606 g/mol. The summed E-state index contributed by atoms with van der Waals surface area (Å²) in [6, 6.07) is 10.6. The van der Waals surface area contributed by atoms with Crippen LogP contribution < -0.4 is 24.8 Å². The van der Waals surface area contributed by atoms with E-state index in [2.05, 4.69) is 30.7 Å². The van der Waals surface area contributed by atoms with Gasteiger partial charge in [-0.3, -0.25) is 19.4 Å². The summed E-state index contributed by atoms with van der Waals surface area (Å²) in [5.74, 6) is 0.247. The molecule has 4 aromatic rings. The minimum absolute atomic E-state index is 0.143. The van der Waals surface area contributed by atoms with Crippen molar-refractivity contribution in [3.05, 3.63) is 70.5 Å². The minimum Gasteiger partial charge on any atom is -0.497 e. The molecule has 2 heterocycles. The first kappa shape index (κ1) is 30.4.